The Morgan fingerprint density at radius 1 is 1.00 bits per heavy atom. The molecule has 0 heterocycles. The molecule has 0 bridgehead atoms. The van der Waals surface area contributed by atoms with Gasteiger partial charge in [-0.1, -0.05) is 0 Å². The summed E-state index contributed by atoms with van der Waals surface area (Å²) < 4.78 is 0. The van der Waals surface area contributed by atoms with Crippen LogP contribution >= 0.6 is 0 Å². The summed E-state index contributed by atoms with van der Waals surface area (Å²) in [5, 5.41) is 0. The van der Waals surface area contributed by atoms with Crippen LogP contribution in [0.4, 0.5) is 0 Å². The molecule has 0 N–H and O–H groups in total. The van der Waals surface area contributed by atoms with Crippen molar-refractivity contribution in [1.82, 2.24) is 0 Å². The molecule has 0 spiro atoms. The fourth-order valence-corrected chi connectivity index (χ4v) is 0. The molecule has 0 aromatic heterocycles. The van der Waals surface area contributed by atoms with Gasteiger partial charge in [-0.15, -0.1) is 0 Å². The van der Waals surface area contributed by atoms with Crippen LogP contribution in [0.2, 0.25) is 0 Å². The molecule has 21 valence electrons. The first kappa shape index (κ1) is 24.7. The summed E-state index contributed by atoms with van der Waals surface area (Å²) in [4.78, 5) is 0. The van der Waals surface area contributed by atoms with Crippen LogP contribution in [0.5, 0.6) is 0 Å². The van der Waals surface area contributed by atoms with E-state index in [1.807, 2.05) is 0 Å². The van der Waals surface area contributed by atoms with Crippen molar-refractivity contribution < 1.29 is 44.1 Å². The zero-order chi connectivity index (χ0) is 0. The second-order valence-corrected chi connectivity index (χ2v) is 0. The average molecular weight is 492 g/mol. The van der Waals surface area contributed by atoms with E-state index in [4.69, 9.17) is 0 Å². The van der Waals surface area contributed by atoms with Crippen LogP contribution in [0.3, 0.4) is 0 Å². The molecule has 0 aromatic carbocycles. The summed E-state index contributed by atoms with van der Waals surface area (Å²) in [6.45, 7) is 0. The van der Waals surface area contributed by atoms with Crippen molar-refractivity contribution in [2.75, 3.05) is 0 Å². The molecule has 0 saturated carbocycles. The minimum absolute atomic E-state index is 0. The molecule has 0 atom stereocenters. The smallest absolute Gasteiger partial charge is 0 e. The monoisotopic (exact) mass is 493 g/mol. The van der Waals surface area contributed by atoms with Gasteiger partial charge in [-0.25, -0.2) is 0 Å². The quantitative estimate of drug-likeness (QED) is 0.340. The minimum atomic E-state index is 0. The van der Waals surface area contributed by atoms with Gasteiger partial charge in [0.25, 0.3) is 0 Å². The van der Waals surface area contributed by atoms with Gasteiger partial charge in [0.05, 0.1) is 0 Å². The third-order valence-corrected chi connectivity index (χ3v) is 0. The molecule has 0 saturated heterocycles. The Labute approximate surface area is 116 Å². The van der Waals surface area contributed by atoms with E-state index in [-0.39, 0.29) is 119 Å². The summed E-state index contributed by atoms with van der Waals surface area (Å²) >= 11 is 0. The third-order valence-electron chi connectivity index (χ3n) is 0. The van der Waals surface area contributed by atoms with Crippen molar-refractivity contribution in [3.63, 3.8) is 0 Å². The number of hydrogen-bond donors (Lipinski definition) is 0. The van der Waals surface area contributed by atoms with Gasteiger partial charge in [-0.05, 0) is 0 Å². The van der Waals surface area contributed by atoms with E-state index in [0.717, 1.165) is 0 Å². The van der Waals surface area contributed by atoms with E-state index in [1.165, 1.54) is 0 Å². The fourth-order valence-electron chi connectivity index (χ4n) is 0. The Morgan fingerprint density at radius 3 is 1.00 bits per heavy atom. The fraction of sp³-hybridized carbons (Fsp3) is 0. The van der Waals surface area contributed by atoms with Crippen LogP contribution in [0.15, 0.2) is 0 Å². The second kappa shape index (κ2) is 15.8. The molecular weight excluding hydrogens is 487 g/mol. The largest absolute Gasteiger partial charge is 0 e. The second-order valence-electron chi connectivity index (χ2n) is 0. The summed E-state index contributed by atoms with van der Waals surface area (Å²) in [5.41, 5.74) is 0. The Kier molecular flexibility index (Phi) is 97.5. The Bertz CT molecular complexity index is 8.00. The van der Waals surface area contributed by atoms with Crippen molar-refractivity contribution in [3.8, 4) is 0 Å². The normalized spacial score (nSPS) is 0. The summed E-state index contributed by atoms with van der Waals surface area (Å²) in [6, 6.07) is 0. The SMILES string of the molecule is [BaH2].[BiH3].[Nb].[Ti]. The first-order valence-electron chi connectivity index (χ1n) is 0. The molecule has 4 heavy (non-hydrogen) atoms. The van der Waals surface area contributed by atoms with E-state index in [9.17, 15) is 0 Å². The summed E-state index contributed by atoms with van der Waals surface area (Å²) in [5.74, 6) is 0. The van der Waals surface area contributed by atoms with E-state index >= 15 is 0 Å². The first-order valence-corrected chi connectivity index (χ1v) is 0. The van der Waals surface area contributed by atoms with Gasteiger partial charge in [0, 0.05) is 44.1 Å². The molecule has 0 rings (SSSR count). The van der Waals surface area contributed by atoms with Crippen molar-refractivity contribution in [2.45, 2.75) is 0 Å². The summed E-state index contributed by atoms with van der Waals surface area (Å²) in [7, 11) is 0. The molecule has 0 amide bonds. The predicted octanol–water partition coefficient (Wildman–Crippen LogP) is -2.11. The number of rotatable bonds is 0. The van der Waals surface area contributed by atoms with Crippen LogP contribution < -0.4 is 0 Å². The topological polar surface area (TPSA) is 0 Å². The Hall–Kier alpha value is 3.91. The molecular formula is H5BaBiNbTi. The van der Waals surface area contributed by atoms with Gasteiger partial charge in [0.2, 0.25) is 0 Å². The molecule has 4 heteroatoms. The molecule has 0 aromatic rings. The van der Waals surface area contributed by atoms with Gasteiger partial charge in [-0.2, -0.15) is 0 Å². The molecule has 0 aliphatic heterocycles. The van der Waals surface area contributed by atoms with E-state index < -0.39 is 0 Å². The van der Waals surface area contributed by atoms with Crippen LogP contribution in [0.25, 0.3) is 0 Å². The van der Waals surface area contributed by atoms with Crippen molar-refractivity contribution in [3.05, 3.63) is 0 Å². The average Bonchev–Trinajstić information content (AvgIpc) is 0. The van der Waals surface area contributed by atoms with Crippen LogP contribution in [0.1, 0.15) is 0 Å². The third kappa shape index (κ3) is 9.32. The maximum atomic E-state index is 0. The summed E-state index contributed by atoms with van der Waals surface area (Å²) in [6.07, 6.45) is 0. The zero-order valence-electron chi connectivity index (χ0n) is 1.65. The Balaban J connectivity index is 0. The number of hydrogen-bond acceptors (Lipinski definition) is 0. The maximum Gasteiger partial charge on any atom is 0 e. The van der Waals surface area contributed by atoms with Crippen LogP contribution in [-0.4, -0.2) is 75.1 Å². The molecule has 0 unspecified atom stereocenters. The van der Waals surface area contributed by atoms with Gasteiger partial charge in [-0.3, -0.25) is 0 Å². The molecule has 1 radical (unpaired) electrons. The van der Waals surface area contributed by atoms with Gasteiger partial charge in [0.1, 0.15) is 0 Å². The predicted molar refractivity (Wildman–Crippen MR) is 18.5 cm³/mol. The van der Waals surface area contributed by atoms with Gasteiger partial charge < -0.3 is 0 Å². The Morgan fingerprint density at radius 2 is 1.00 bits per heavy atom. The van der Waals surface area contributed by atoms with Crippen molar-refractivity contribution in [2.24, 2.45) is 0 Å². The molecule has 0 aliphatic rings. The van der Waals surface area contributed by atoms with Crippen LogP contribution in [0, 0.1) is 0 Å². The minimum Gasteiger partial charge on any atom is 0 e. The molecule has 0 nitrogen and oxygen atoms in total. The standard InChI is InChI=1S/Ba.Bi.Nb.Ti.5H. The first-order chi connectivity index (χ1) is 0. The van der Waals surface area contributed by atoms with Gasteiger partial charge >= 0.3 is 75.1 Å². The molecule has 0 fully saturated rings. The van der Waals surface area contributed by atoms with Crippen molar-refractivity contribution in [1.29, 1.82) is 0 Å². The van der Waals surface area contributed by atoms with E-state index in [1.54, 1.807) is 0 Å². The van der Waals surface area contributed by atoms with Gasteiger partial charge in [0.15, 0.2) is 0 Å². The molecule has 0 aliphatic carbocycles. The van der Waals surface area contributed by atoms with Crippen molar-refractivity contribution >= 4 is 75.1 Å². The van der Waals surface area contributed by atoms with E-state index in [2.05, 4.69) is 0 Å². The zero-order valence-corrected chi connectivity index (χ0v) is 10.9. The van der Waals surface area contributed by atoms with Crippen LogP contribution in [-0.2, 0) is 44.1 Å². The maximum absolute atomic E-state index is 0. The van der Waals surface area contributed by atoms with E-state index in [0.29, 0.717) is 0 Å².